The maximum Gasteiger partial charge on any atom is 0.255 e. The standard InChI is InChI=1S/C17H15N5O3/c23-17(12-4-2-11(3-5-12)16-19-21-22-20-16)18-13-6-7-14-15(10-13)25-9-1-8-24-14/h2-7,10H,1,8-9H2,(H,18,23)(H,19,20,21,22). The highest BCUT2D eigenvalue weighted by Crippen LogP contribution is 2.32. The molecule has 1 aliphatic rings. The average Bonchev–Trinajstić information content (AvgIpc) is 3.08. The van der Waals surface area contributed by atoms with Gasteiger partial charge in [0.25, 0.3) is 5.91 Å². The average molecular weight is 337 g/mol. The zero-order chi connectivity index (χ0) is 17.1. The lowest BCUT2D eigenvalue weighted by molar-refractivity contribution is 0.102. The van der Waals surface area contributed by atoms with Crippen LogP contribution in [0.25, 0.3) is 11.4 Å². The number of H-pyrrole nitrogens is 1. The van der Waals surface area contributed by atoms with E-state index in [-0.39, 0.29) is 5.91 Å². The molecule has 25 heavy (non-hydrogen) atoms. The molecule has 0 unspecified atom stereocenters. The summed E-state index contributed by atoms with van der Waals surface area (Å²) in [6, 6.07) is 12.3. The van der Waals surface area contributed by atoms with Crippen LogP contribution >= 0.6 is 0 Å². The Morgan fingerprint density at radius 3 is 2.60 bits per heavy atom. The van der Waals surface area contributed by atoms with Crippen molar-refractivity contribution < 1.29 is 14.3 Å². The molecule has 0 radical (unpaired) electrons. The van der Waals surface area contributed by atoms with Gasteiger partial charge in [-0.1, -0.05) is 12.1 Å². The molecule has 3 aromatic rings. The van der Waals surface area contributed by atoms with Gasteiger partial charge in [-0.05, 0) is 29.5 Å². The number of amides is 1. The number of benzene rings is 2. The highest BCUT2D eigenvalue weighted by atomic mass is 16.5. The Kier molecular flexibility index (Phi) is 3.99. The first-order valence-corrected chi connectivity index (χ1v) is 7.84. The van der Waals surface area contributed by atoms with Crippen molar-refractivity contribution in [3.63, 3.8) is 0 Å². The van der Waals surface area contributed by atoms with Crippen LogP contribution in [0.2, 0.25) is 0 Å². The summed E-state index contributed by atoms with van der Waals surface area (Å²) in [6.07, 6.45) is 0.836. The number of tetrazole rings is 1. The topological polar surface area (TPSA) is 102 Å². The predicted octanol–water partition coefficient (Wildman–Crippen LogP) is 2.28. The van der Waals surface area contributed by atoms with E-state index in [4.69, 9.17) is 9.47 Å². The number of fused-ring (bicyclic) bond motifs is 1. The van der Waals surface area contributed by atoms with E-state index in [0.717, 1.165) is 12.0 Å². The molecule has 126 valence electrons. The molecule has 8 heteroatoms. The van der Waals surface area contributed by atoms with Gasteiger partial charge in [-0.15, -0.1) is 10.2 Å². The fraction of sp³-hybridized carbons (Fsp3) is 0.176. The van der Waals surface area contributed by atoms with Gasteiger partial charge in [0.05, 0.1) is 13.2 Å². The van der Waals surface area contributed by atoms with E-state index in [9.17, 15) is 4.79 Å². The quantitative estimate of drug-likeness (QED) is 0.760. The number of hydrogen-bond donors (Lipinski definition) is 2. The van der Waals surface area contributed by atoms with Crippen molar-refractivity contribution in [1.29, 1.82) is 0 Å². The third-order valence-electron chi connectivity index (χ3n) is 3.76. The minimum Gasteiger partial charge on any atom is -0.490 e. The summed E-state index contributed by atoms with van der Waals surface area (Å²) in [5.41, 5.74) is 1.96. The molecule has 0 bridgehead atoms. The molecule has 0 saturated heterocycles. The van der Waals surface area contributed by atoms with E-state index in [1.807, 2.05) is 0 Å². The predicted molar refractivity (Wildman–Crippen MR) is 89.6 cm³/mol. The van der Waals surface area contributed by atoms with Gasteiger partial charge in [0, 0.05) is 29.3 Å². The molecule has 4 rings (SSSR count). The van der Waals surface area contributed by atoms with Crippen LogP contribution in [-0.2, 0) is 0 Å². The largest absolute Gasteiger partial charge is 0.490 e. The molecule has 2 heterocycles. The molecule has 1 aromatic heterocycles. The van der Waals surface area contributed by atoms with Crippen LogP contribution in [0.15, 0.2) is 42.5 Å². The van der Waals surface area contributed by atoms with E-state index in [1.54, 1.807) is 42.5 Å². The highest BCUT2D eigenvalue weighted by molar-refractivity contribution is 6.04. The second-order valence-corrected chi connectivity index (χ2v) is 5.48. The Labute approximate surface area is 143 Å². The van der Waals surface area contributed by atoms with E-state index in [0.29, 0.717) is 41.8 Å². The van der Waals surface area contributed by atoms with Gasteiger partial charge in [-0.25, -0.2) is 0 Å². The van der Waals surface area contributed by atoms with Gasteiger partial charge in [-0.3, -0.25) is 4.79 Å². The molecule has 0 aliphatic carbocycles. The zero-order valence-electron chi connectivity index (χ0n) is 13.2. The number of carbonyl (C=O) groups excluding carboxylic acids is 1. The SMILES string of the molecule is O=C(Nc1ccc2c(c1)OCCCO2)c1ccc(-c2nn[nH]n2)cc1. The van der Waals surface area contributed by atoms with Crippen molar-refractivity contribution in [3.05, 3.63) is 48.0 Å². The van der Waals surface area contributed by atoms with Gasteiger partial charge in [-0.2, -0.15) is 5.21 Å². The number of hydrogen-bond acceptors (Lipinski definition) is 6. The molecule has 0 spiro atoms. The second kappa shape index (κ2) is 6.60. The first-order chi connectivity index (χ1) is 12.3. The van der Waals surface area contributed by atoms with Crippen LogP contribution in [-0.4, -0.2) is 39.7 Å². The van der Waals surface area contributed by atoms with Crippen molar-refractivity contribution in [2.24, 2.45) is 0 Å². The lowest BCUT2D eigenvalue weighted by Crippen LogP contribution is -2.11. The Morgan fingerprint density at radius 2 is 1.84 bits per heavy atom. The minimum absolute atomic E-state index is 0.214. The zero-order valence-corrected chi connectivity index (χ0v) is 13.2. The Morgan fingerprint density at radius 1 is 1.04 bits per heavy atom. The fourth-order valence-electron chi connectivity index (χ4n) is 2.50. The summed E-state index contributed by atoms with van der Waals surface area (Å²) in [5.74, 6) is 1.60. The molecular formula is C17H15N5O3. The summed E-state index contributed by atoms with van der Waals surface area (Å²) < 4.78 is 11.2. The van der Waals surface area contributed by atoms with E-state index in [2.05, 4.69) is 25.9 Å². The number of aromatic nitrogens is 4. The van der Waals surface area contributed by atoms with Crippen LogP contribution in [0.3, 0.4) is 0 Å². The molecule has 1 aliphatic heterocycles. The number of anilines is 1. The highest BCUT2D eigenvalue weighted by Gasteiger charge is 2.13. The summed E-state index contributed by atoms with van der Waals surface area (Å²) in [5, 5.41) is 16.6. The lowest BCUT2D eigenvalue weighted by atomic mass is 10.1. The van der Waals surface area contributed by atoms with Gasteiger partial charge in [0.15, 0.2) is 11.5 Å². The number of carbonyl (C=O) groups is 1. The summed E-state index contributed by atoms with van der Waals surface area (Å²) in [7, 11) is 0. The first kappa shape index (κ1) is 15.1. The van der Waals surface area contributed by atoms with Crippen molar-refractivity contribution in [3.8, 4) is 22.9 Å². The molecule has 0 fully saturated rings. The molecule has 1 amide bonds. The molecular weight excluding hydrogens is 322 g/mol. The van der Waals surface area contributed by atoms with Crippen LogP contribution in [0.1, 0.15) is 16.8 Å². The second-order valence-electron chi connectivity index (χ2n) is 5.48. The number of aromatic amines is 1. The molecule has 8 nitrogen and oxygen atoms in total. The Bertz CT molecular complexity index is 878. The maximum absolute atomic E-state index is 12.4. The molecule has 0 saturated carbocycles. The summed E-state index contributed by atoms with van der Waals surface area (Å²) in [4.78, 5) is 12.4. The van der Waals surface area contributed by atoms with Crippen molar-refractivity contribution in [2.45, 2.75) is 6.42 Å². The number of rotatable bonds is 3. The van der Waals surface area contributed by atoms with Crippen LogP contribution in [0.4, 0.5) is 5.69 Å². The normalized spacial score (nSPS) is 13.1. The number of ether oxygens (including phenoxy) is 2. The van der Waals surface area contributed by atoms with Crippen LogP contribution in [0, 0.1) is 0 Å². The smallest absolute Gasteiger partial charge is 0.255 e. The monoisotopic (exact) mass is 337 g/mol. The summed E-state index contributed by atoms with van der Waals surface area (Å²) in [6.45, 7) is 1.23. The van der Waals surface area contributed by atoms with Crippen LogP contribution < -0.4 is 14.8 Å². The van der Waals surface area contributed by atoms with Crippen molar-refractivity contribution >= 4 is 11.6 Å². The van der Waals surface area contributed by atoms with Gasteiger partial charge < -0.3 is 14.8 Å². The fourth-order valence-corrected chi connectivity index (χ4v) is 2.50. The van der Waals surface area contributed by atoms with E-state index in [1.165, 1.54) is 0 Å². The first-order valence-electron chi connectivity index (χ1n) is 7.84. The van der Waals surface area contributed by atoms with Gasteiger partial charge in [0.1, 0.15) is 0 Å². The van der Waals surface area contributed by atoms with E-state index < -0.39 is 0 Å². The molecule has 2 aromatic carbocycles. The lowest BCUT2D eigenvalue weighted by Gasteiger charge is -2.10. The van der Waals surface area contributed by atoms with Gasteiger partial charge >= 0.3 is 0 Å². The molecule has 2 N–H and O–H groups in total. The third-order valence-corrected chi connectivity index (χ3v) is 3.76. The Balaban J connectivity index is 1.49. The van der Waals surface area contributed by atoms with Crippen molar-refractivity contribution in [1.82, 2.24) is 20.6 Å². The minimum atomic E-state index is -0.214. The Hall–Kier alpha value is -3.42. The van der Waals surface area contributed by atoms with E-state index >= 15 is 0 Å². The summed E-state index contributed by atoms with van der Waals surface area (Å²) >= 11 is 0. The number of nitrogens with one attached hydrogen (secondary N) is 2. The third kappa shape index (κ3) is 3.27. The van der Waals surface area contributed by atoms with Crippen molar-refractivity contribution in [2.75, 3.05) is 18.5 Å². The number of nitrogens with zero attached hydrogens (tertiary/aromatic N) is 3. The molecule has 0 atom stereocenters. The van der Waals surface area contributed by atoms with Gasteiger partial charge in [0.2, 0.25) is 5.82 Å². The van der Waals surface area contributed by atoms with Crippen LogP contribution in [0.5, 0.6) is 11.5 Å². The maximum atomic E-state index is 12.4.